The van der Waals surface area contributed by atoms with E-state index < -0.39 is 11.6 Å². The fourth-order valence-corrected chi connectivity index (χ4v) is 5.73. The first-order valence-corrected chi connectivity index (χ1v) is 12.5. The van der Waals surface area contributed by atoms with Gasteiger partial charge in [-0.05, 0) is 37.1 Å². The van der Waals surface area contributed by atoms with E-state index in [1.54, 1.807) is 29.1 Å². The fraction of sp³-hybridized carbons (Fsp3) is 0.440. The Labute approximate surface area is 212 Å². The molecule has 37 heavy (non-hydrogen) atoms. The molecule has 6 rings (SSSR count). The first-order chi connectivity index (χ1) is 17.9. The Morgan fingerprint density at radius 3 is 2.92 bits per heavy atom. The van der Waals surface area contributed by atoms with Crippen LogP contribution in [0.25, 0.3) is 11.0 Å². The Bertz CT molecular complexity index is 1360. The number of nitrogens with zero attached hydrogens (tertiary/aromatic N) is 5. The van der Waals surface area contributed by atoms with Crippen LogP contribution in [0.5, 0.6) is 0 Å². The third-order valence-corrected chi connectivity index (χ3v) is 7.64. The van der Waals surface area contributed by atoms with E-state index in [1.165, 1.54) is 6.07 Å². The van der Waals surface area contributed by atoms with Crippen LogP contribution in [0.4, 0.5) is 25.1 Å². The van der Waals surface area contributed by atoms with Crippen LogP contribution in [0.2, 0.25) is 0 Å². The average Bonchev–Trinajstić information content (AvgIpc) is 3.61. The van der Waals surface area contributed by atoms with Crippen molar-refractivity contribution in [1.82, 2.24) is 30.3 Å². The molecule has 0 aliphatic carbocycles. The van der Waals surface area contributed by atoms with Gasteiger partial charge in [-0.15, -0.1) is 0 Å². The molecule has 2 aromatic heterocycles. The number of carbonyl (C=O) groups is 2. The van der Waals surface area contributed by atoms with Crippen LogP contribution in [-0.4, -0.2) is 82.7 Å². The quantitative estimate of drug-likeness (QED) is 0.500. The van der Waals surface area contributed by atoms with E-state index in [9.17, 15) is 18.4 Å². The summed E-state index contributed by atoms with van der Waals surface area (Å²) in [4.78, 5) is 35.4. The highest BCUT2D eigenvalue weighted by molar-refractivity contribution is 5.95. The van der Waals surface area contributed by atoms with Crippen LogP contribution < -0.4 is 15.5 Å². The predicted molar refractivity (Wildman–Crippen MR) is 133 cm³/mol. The third-order valence-electron chi connectivity index (χ3n) is 7.64. The van der Waals surface area contributed by atoms with Gasteiger partial charge in [-0.1, -0.05) is 0 Å². The molecule has 1 aromatic carbocycles. The summed E-state index contributed by atoms with van der Waals surface area (Å²) in [6.45, 7) is 2.76. The van der Waals surface area contributed by atoms with Gasteiger partial charge in [0.15, 0.2) is 11.5 Å². The molecule has 0 bridgehead atoms. The number of aromatic amines is 1. The molecule has 0 radical (unpaired) electrons. The first kappa shape index (κ1) is 23.6. The third kappa shape index (κ3) is 4.24. The minimum atomic E-state index is -0.484. The van der Waals surface area contributed by atoms with Gasteiger partial charge in [0.25, 0.3) is 0 Å². The van der Waals surface area contributed by atoms with Crippen molar-refractivity contribution in [3.8, 4) is 0 Å². The maximum Gasteiger partial charge on any atom is 0.321 e. The van der Waals surface area contributed by atoms with Gasteiger partial charge in [-0.25, -0.2) is 18.6 Å². The number of benzene rings is 1. The Hall–Kier alpha value is -3.80. The van der Waals surface area contributed by atoms with Crippen LogP contribution in [0.3, 0.4) is 0 Å². The number of carbonyl (C=O) groups excluding carboxylic acids is 2. The number of halogens is 2. The van der Waals surface area contributed by atoms with E-state index in [1.807, 2.05) is 4.90 Å². The molecule has 3 fully saturated rings. The lowest BCUT2D eigenvalue weighted by Gasteiger charge is -2.25. The number of hydrogen-bond donors (Lipinski definition) is 3. The minimum Gasteiger partial charge on any atom is -0.347 e. The average molecular weight is 511 g/mol. The number of nitrogens with one attached hydrogen (secondary N) is 3. The van der Waals surface area contributed by atoms with E-state index in [0.29, 0.717) is 67.2 Å². The number of rotatable bonds is 3. The fourth-order valence-electron chi connectivity index (χ4n) is 5.73. The van der Waals surface area contributed by atoms with Gasteiger partial charge in [0, 0.05) is 51.4 Å². The van der Waals surface area contributed by atoms with Crippen LogP contribution in [0, 0.1) is 17.6 Å². The summed E-state index contributed by atoms with van der Waals surface area (Å²) in [5.41, 5.74) is 1.31. The highest BCUT2D eigenvalue weighted by atomic mass is 19.1. The second-order valence-electron chi connectivity index (χ2n) is 9.95. The molecule has 194 valence electrons. The van der Waals surface area contributed by atoms with Crippen molar-refractivity contribution in [2.45, 2.75) is 24.9 Å². The van der Waals surface area contributed by atoms with Gasteiger partial charge in [-0.3, -0.25) is 9.89 Å². The molecule has 2 unspecified atom stereocenters. The molecule has 3 saturated heterocycles. The topological polar surface area (TPSA) is 109 Å². The largest absolute Gasteiger partial charge is 0.347 e. The van der Waals surface area contributed by atoms with Crippen LogP contribution in [0.1, 0.15) is 24.4 Å². The van der Waals surface area contributed by atoms with Gasteiger partial charge in [-0.2, -0.15) is 5.10 Å². The number of anilines is 2. The van der Waals surface area contributed by atoms with Gasteiger partial charge in [0.2, 0.25) is 5.91 Å². The number of pyridine rings is 1. The van der Waals surface area contributed by atoms with Crippen molar-refractivity contribution >= 4 is 34.5 Å². The van der Waals surface area contributed by atoms with E-state index in [-0.39, 0.29) is 29.9 Å². The second kappa shape index (κ2) is 9.25. The summed E-state index contributed by atoms with van der Waals surface area (Å²) in [6, 6.07) is 4.54. The highest BCUT2D eigenvalue weighted by Gasteiger charge is 2.42. The Morgan fingerprint density at radius 1 is 1.19 bits per heavy atom. The molecule has 0 saturated carbocycles. The Morgan fingerprint density at radius 2 is 2.05 bits per heavy atom. The predicted octanol–water partition coefficient (Wildman–Crippen LogP) is 2.47. The Balaban J connectivity index is 1.22. The normalized spacial score (nSPS) is 24.0. The summed E-state index contributed by atoms with van der Waals surface area (Å²) in [5.74, 6) is -0.583. The molecule has 3 aliphatic heterocycles. The van der Waals surface area contributed by atoms with Gasteiger partial charge in [0.05, 0.1) is 29.2 Å². The number of likely N-dealkylation sites (N-methyl/N-ethyl adjacent to an activating group) is 1. The number of amides is 3. The van der Waals surface area contributed by atoms with Crippen molar-refractivity contribution < 1.29 is 18.4 Å². The van der Waals surface area contributed by atoms with Crippen LogP contribution >= 0.6 is 0 Å². The SMILES string of the molecule is CN1CCNC2CN(C(=O)Nc3cnc4[nH]nc(N5CCC[C@@H]5c5cc(F)ccc5F)c4c3)CC2C1=O. The summed E-state index contributed by atoms with van der Waals surface area (Å²) in [5, 5.41) is 14.3. The van der Waals surface area contributed by atoms with Crippen molar-refractivity contribution in [3.63, 3.8) is 0 Å². The lowest BCUT2D eigenvalue weighted by Crippen LogP contribution is -2.38. The zero-order valence-electron chi connectivity index (χ0n) is 20.4. The van der Waals surface area contributed by atoms with Crippen molar-refractivity contribution in [3.05, 3.63) is 47.7 Å². The number of hydrogen-bond acceptors (Lipinski definition) is 6. The standard InChI is InChI=1S/C25H28F2N8O2/c1-33-8-6-28-20-13-34(12-18(20)24(33)36)25(37)30-15-10-17-22(29-11-15)31-32-23(17)35-7-2-3-21(35)16-9-14(26)4-5-19(16)27/h4-5,9-11,18,20-21,28H,2-3,6-8,12-13H2,1H3,(H,30,37)(H,29,31,32)/t18?,20?,21-/m1/s1. The molecule has 5 heterocycles. The van der Waals surface area contributed by atoms with Crippen LogP contribution in [-0.2, 0) is 4.79 Å². The maximum atomic E-state index is 14.6. The van der Waals surface area contributed by atoms with Crippen molar-refractivity contribution in [2.75, 3.05) is 50.0 Å². The summed E-state index contributed by atoms with van der Waals surface area (Å²) in [7, 11) is 1.78. The molecule has 10 nitrogen and oxygen atoms in total. The second-order valence-corrected chi connectivity index (χ2v) is 9.95. The summed E-state index contributed by atoms with van der Waals surface area (Å²) >= 11 is 0. The van der Waals surface area contributed by atoms with E-state index in [0.717, 1.165) is 18.6 Å². The van der Waals surface area contributed by atoms with Crippen LogP contribution in [0.15, 0.2) is 30.5 Å². The molecule has 0 spiro atoms. The number of fused-ring (bicyclic) bond motifs is 2. The number of urea groups is 1. The maximum absolute atomic E-state index is 14.6. The molecule has 12 heteroatoms. The highest BCUT2D eigenvalue weighted by Crippen LogP contribution is 2.39. The molecule has 3 atom stereocenters. The minimum absolute atomic E-state index is 0.0475. The zero-order chi connectivity index (χ0) is 25.7. The number of likely N-dealkylation sites (tertiary alicyclic amines) is 1. The molecule has 3 aliphatic rings. The summed E-state index contributed by atoms with van der Waals surface area (Å²) < 4.78 is 28.5. The molecule has 3 amide bonds. The van der Waals surface area contributed by atoms with E-state index in [2.05, 4.69) is 25.8 Å². The number of H-pyrrole nitrogens is 1. The zero-order valence-corrected chi connectivity index (χ0v) is 20.4. The molecule has 3 N–H and O–H groups in total. The molecular formula is C25H28F2N8O2. The molecule has 3 aromatic rings. The van der Waals surface area contributed by atoms with E-state index >= 15 is 0 Å². The van der Waals surface area contributed by atoms with Gasteiger partial charge < -0.3 is 25.3 Å². The first-order valence-electron chi connectivity index (χ1n) is 12.5. The molecular weight excluding hydrogens is 482 g/mol. The van der Waals surface area contributed by atoms with Crippen molar-refractivity contribution in [2.24, 2.45) is 5.92 Å². The summed E-state index contributed by atoms with van der Waals surface area (Å²) in [6.07, 6.45) is 3.01. The lowest BCUT2D eigenvalue weighted by atomic mass is 10.0. The lowest BCUT2D eigenvalue weighted by molar-refractivity contribution is -0.133. The number of aromatic nitrogens is 3. The van der Waals surface area contributed by atoms with E-state index in [4.69, 9.17) is 0 Å². The van der Waals surface area contributed by atoms with Gasteiger partial charge >= 0.3 is 6.03 Å². The monoisotopic (exact) mass is 510 g/mol. The van der Waals surface area contributed by atoms with Gasteiger partial charge in [0.1, 0.15) is 11.6 Å². The Kier molecular flexibility index (Phi) is 5.90. The smallest absolute Gasteiger partial charge is 0.321 e. The van der Waals surface area contributed by atoms with Crippen molar-refractivity contribution in [1.29, 1.82) is 0 Å².